The molecule has 0 unspecified atom stereocenters. The first-order chi connectivity index (χ1) is 12.6. The Bertz CT molecular complexity index is 602. The molecule has 1 aromatic carbocycles. The third-order valence-corrected chi connectivity index (χ3v) is 4.38. The summed E-state index contributed by atoms with van der Waals surface area (Å²) in [4.78, 5) is 25.9. The highest BCUT2D eigenvalue weighted by Crippen LogP contribution is 2.32. The number of carbonyl (C=O) groups is 2. The van der Waals surface area contributed by atoms with Crippen LogP contribution in [0.25, 0.3) is 0 Å². The van der Waals surface area contributed by atoms with E-state index in [-0.39, 0.29) is 18.6 Å². The molecule has 1 aromatic rings. The molecule has 0 bridgehead atoms. The fourth-order valence-electron chi connectivity index (χ4n) is 2.73. The zero-order valence-corrected chi connectivity index (χ0v) is 15.7. The third-order valence-electron chi connectivity index (χ3n) is 4.38. The number of ether oxygens (including phenoxy) is 2. The van der Waals surface area contributed by atoms with Gasteiger partial charge in [0.05, 0.1) is 0 Å². The topological polar surface area (TPSA) is 79.9 Å². The minimum absolute atomic E-state index is 0.000673. The van der Waals surface area contributed by atoms with Crippen molar-refractivity contribution in [3.63, 3.8) is 0 Å². The number of fused-ring (bicyclic) bond motifs is 1. The molecule has 0 saturated carbocycles. The summed E-state index contributed by atoms with van der Waals surface area (Å²) in [6.07, 6.45) is 1.26. The van der Waals surface area contributed by atoms with Crippen LogP contribution in [0.2, 0.25) is 0 Å². The van der Waals surface area contributed by atoms with Crippen LogP contribution in [0.1, 0.15) is 38.7 Å². The van der Waals surface area contributed by atoms with E-state index in [1.807, 2.05) is 18.2 Å². The van der Waals surface area contributed by atoms with Crippen LogP contribution in [0.15, 0.2) is 18.2 Å². The van der Waals surface area contributed by atoms with Crippen molar-refractivity contribution in [2.24, 2.45) is 0 Å². The lowest BCUT2D eigenvalue weighted by atomic mass is 10.2. The van der Waals surface area contributed by atoms with Crippen LogP contribution < -0.4 is 20.1 Å². The van der Waals surface area contributed by atoms with E-state index in [2.05, 4.69) is 29.4 Å². The second-order valence-corrected chi connectivity index (χ2v) is 6.19. The van der Waals surface area contributed by atoms with Crippen molar-refractivity contribution in [1.82, 2.24) is 15.5 Å². The van der Waals surface area contributed by atoms with E-state index in [9.17, 15) is 9.59 Å². The number of rotatable bonds is 11. The van der Waals surface area contributed by atoms with E-state index in [1.165, 1.54) is 0 Å². The number of likely N-dealkylation sites (N-methyl/N-ethyl adjacent to an activating group) is 1. The Balaban J connectivity index is 1.56. The highest BCUT2D eigenvalue weighted by molar-refractivity contribution is 5.78. The predicted octanol–water partition coefficient (Wildman–Crippen LogP) is 1.66. The molecular weight excluding hydrogens is 334 g/mol. The molecule has 2 N–H and O–H groups in total. The minimum Gasteiger partial charge on any atom is -0.454 e. The van der Waals surface area contributed by atoms with Gasteiger partial charge in [-0.2, -0.15) is 0 Å². The van der Waals surface area contributed by atoms with Gasteiger partial charge in [0, 0.05) is 32.5 Å². The van der Waals surface area contributed by atoms with Crippen molar-refractivity contribution >= 4 is 11.8 Å². The number of amides is 2. The number of carbonyl (C=O) groups excluding carboxylic acids is 2. The lowest BCUT2D eigenvalue weighted by Crippen LogP contribution is -2.34. The standard InChI is InChI=1S/C19H29N3O4/c1-3-22(4-2)11-10-20-18(23)6-5-7-19(24)21-13-15-8-9-16-17(12-15)26-14-25-16/h8-9,12H,3-7,10-11,13-14H2,1-2H3,(H,20,23)(H,21,24). The molecule has 26 heavy (non-hydrogen) atoms. The van der Waals surface area contributed by atoms with Crippen LogP contribution in [-0.2, 0) is 16.1 Å². The zero-order valence-electron chi connectivity index (χ0n) is 15.7. The normalized spacial score (nSPS) is 12.3. The lowest BCUT2D eigenvalue weighted by Gasteiger charge is -2.17. The average molecular weight is 363 g/mol. The minimum atomic E-state index is -0.0568. The van der Waals surface area contributed by atoms with Gasteiger partial charge in [-0.1, -0.05) is 19.9 Å². The van der Waals surface area contributed by atoms with Crippen molar-refractivity contribution in [2.45, 2.75) is 39.7 Å². The molecule has 0 atom stereocenters. The molecule has 0 aliphatic carbocycles. The molecule has 0 spiro atoms. The number of nitrogens with zero attached hydrogens (tertiary/aromatic N) is 1. The first-order valence-corrected chi connectivity index (χ1v) is 9.26. The van der Waals surface area contributed by atoms with E-state index < -0.39 is 0 Å². The van der Waals surface area contributed by atoms with E-state index in [1.54, 1.807) is 0 Å². The summed E-state index contributed by atoms with van der Waals surface area (Å²) in [6.45, 7) is 8.35. The first-order valence-electron chi connectivity index (χ1n) is 9.26. The lowest BCUT2D eigenvalue weighted by molar-refractivity contribution is -0.122. The second-order valence-electron chi connectivity index (χ2n) is 6.19. The van der Waals surface area contributed by atoms with E-state index in [0.29, 0.717) is 38.1 Å². The number of benzene rings is 1. The summed E-state index contributed by atoms with van der Waals surface area (Å²) in [5, 5.41) is 5.76. The Labute approximate surface area is 155 Å². The van der Waals surface area contributed by atoms with Crippen LogP contribution in [0, 0.1) is 0 Å². The monoisotopic (exact) mass is 363 g/mol. The van der Waals surface area contributed by atoms with Gasteiger partial charge < -0.3 is 25.0 Å². The van der Waals surface area contributed by atoms with Gasteiger partial charge in [0.15, 0.2) is 11.5 Å². The summed E-state index contributed by atoms with van der Waals surface area (Å²) >= 11 is 0. The Kier molecular flexibility index (Phi) is 8.21. The summed E-state index contributed by atoms with van der Waals surface area (Å²) in [7, 11) is 0. The van der Waals surface area contributed by atoms with Gasteiger partial charge >= 0.3 is 0 Å². The van der Waals surface area contributed by atoms with Crippen LogP contribution >= 0.6 is 0 Å². The van der Waals surface area contributed by atoms with Crippen LogP contribution in [0.3, 0.4) is 0 Å². The highest BCUT2D eigenvalue weighted by Gasteiger charge is 2.13. The van der Waals surface area contributed by atoms with Gasteiger partial charge in [-0.25, -0.2) is 0 Å². The zero-order chi connectivity index (χ0) is 18.8. The van der Waals surface area contributed by atoms with Crippen molar-refractivity contribution < 1.29 is 19.1 Å². The van der Waals surface area contributed by atoms with Gasteiger partial charge in [0.1, 0.15) is 0 Å². The number of nitrogens with one attached hydrogen (secondary N) is 2. The summed E-state index contributed by atoms with van der Waals surface area (Å²) in [5.41, 5.74) is 0.955. The van der Waals surface area contributed by atoms with Gasteiger partial charge in [0.2, 0.25) is 18.6 Å². The van der Waals surface area contributed by atoms with Crippen LogP contribution in [0.5, 0.6) is 11.5 Å². The van der Waals surface area contributed by atoms with Gasteiger partial charge in [0.25, 0.3) is 0 Å². The molecule has 1 aliphatic rings. The molecule has 2 amide bonds. The van der Waals surface area contributed by atoms with Crippen molar-refractivity contribution in [3.8, 4) is 11.5 Å². The maximum absolute atomic E-state index is 11.9. The predicted molar refractivity (Wildman–Crippen MR) is 99.1 cm³/mol. The Morgan fingerprint density at radius 2 is 1.73 bits per heavy atom. The SMILES string of the molecule is CCN(CC)CCNC(=O)CCCC(=O)NCc1ccc2c(c1)OCO2. The van der Waals surface area contributed by atoms with E-state index in [0.717, 1.165) is 30.9 Å². The van der Waals surface area contributed by atoms with Crippen molar-refractivity contribution in [1.29, 1.82) is 0 Å². The number of hydrogen-bond donors (Lipinski definition) is 2. The first kappa shape index (κ1) is 20.0. The third kappa shape index (κ3) is 6.55. The van der Waals surface area contributed by atoms with Crippen molar-refractivity contribution in [3.05, 3.63) is 23.8 Å². The fourth-order valence-corrected chi connectivity index (χ4v) is 2.73. The van der Waals surface area contributed by atoms with E-state index >= 15 is 0 Å². The molecule has 1 heterocycles. The summed E-state index contributed by atoms with van der Waals surface area (Å²) in [6, 6.07) is 5.61. The molecule has 7 heteroatoms. The smallest absolute Gasteiger partial charge is 0.231 e. The fraction of sp³-hybridized carbons (Fsp3) is 0.579. The second kappa shape index (κ2) is 10.7. The maximum atomic E-state index is 11.9. The van der Waals surface area contributed by atoms with Gasteiger partial charge in [-0.3, -0.25) is 9.59 Å². The molecular formula is C19H29N3O4. The van der Waals surface area contributed by atoms with Gasteiger partial charge in [-0.05, 0) is 37.2 Å². The molecule has 0 radical (unpaired) electrons. The van der Waals surface area contributed by atoms with Crippen molar-refractivity contribution in [2.75, 3.05) is 33.0 Å². The van der Waals surface area contributed by atoms with E-state index in [4.69, 9.17) is 9.47 Å². The quantitative estimate of drug-likeness (QED) is 0.625. The highest BCUT2D eigenvalue weighted by atomic mass is 16.7. The number of hydrogen-bond acceptors (Lipinski definition) is 5. The Morgan fingerprint density at radius 3 is 2.46 bits per heavy atom. The largest absolute Gasteiger partial charge is 0.454 e. The summed E-state index contributed by atoms with van der Waals surface area (Å²) < 4.78 is 10.6. The average Bonchev–Trinajstić information content (AvgIpc) is 3.11. The molecule has 1 aliphatic heterocycles. The molecule has 2 rings (SSSR count). The molecule has 0 fully saturated rings. The van der Waals surface area contributed by atoms with Crippen LogP contribution in [0.4, 0.5) is 0 Å². The summed E-state index contributed by atoms with van der Waals surface area (Å²) in [5.74, 6) is 1.38. The Hall–Kier alpha value is -2.28. The molecule has 144 valence electrons. The molecule has 7 nitrogen and oxygen atoms in total. The molecule has 0 saturated heterocycles. The Morgan fingerprint density at radius 1 is 1.04 bits per heavy atom. The maximum Gasteiger partial charge on any atom is 0.231 e. The molecule has 0 aromatic heterocycles. The van der Waals surface area contributed by atoms with Gasteiger partial charge in [-0.15, -0.1) is 0 Å². The van der Waals surface area contributed by atoms with Crippen LogP contribution in [-0.4, -0.2) is 49.7 Å².